The Labute approximate surface area is 206 Å². The molecule has 36 heavy (non-hydrogen) atoms. The minimum Gasteiger partial charge on any atom is -0.493 e. The van der Waals surface area contributed by atoms with Gasteiger partial charge in [-0.25, -0.2) is 9.78 Å². The Bertz CT molecular complexity index is 1560. The predicted octanol–water partition coefficient (Wildman–Crippen LogP) is 4.80. The van der Waals surface area contributed by atoms with Crippen molar-refractivity contribution in [1.82, 2.24) is 4.98 Å². The van der Waals surface area contributed by atoms with E-state index in [9.17, 15) is 4.79 Å². The largest absolute Gasteiger partial charge is 0.493 e. The highest BCUT2D eigenvalue weighted by Crippen LogP contribution is 2.43. The van der Waals surface area contributed by atoms with Gasteiger partial charge in [0.15, 0.2) is 23.0 Å². The Morgan fingerprint density at radius 3 is 2.53 bits per heavy atom. The van der Waals surface area contributed by atoms with Crippen molar-refractivity contribution in [3.63, 3.8) is 0 Å². The van der Waals surface area contributed by atoms with Gasteiger partial charge in [0, 0.05) is 17.0 Å². The van der Waals surface area contributed by atoms with E-state index in [1.54, 1.807) is 19.2 Å². The lowest BCUT2D eigenvalue weighted by Crippen LogP contribution is -2.15. The fourth-order valence-electron chi connectivity index (χ4n) is 4.46. The molecule has 8 heteroatoms. The number of hydrogen-bond donors (Lipinski definition) is 0. The number of cyclic esters (lactones) is 1. The first kappa shape index (κ1) is 21.7. The van der Waals surface area contributed by atoms with Crippen LogP contribution in [0.3, 0.4) is 0 Å². The molecule has 0 N–H and O–H groups in total. The molecular weight excluding hydrogens is 460 g/mol. The molecule has 1 aromatic heterocycles. The summed E-state index contributed by atoms with van der Waals surface area (Å²) < 4.78 is 28.5. The lowest BCUT2D eigenvalue weighted by Gasteiger charge is -2.20. The van der Waals surface area contributed by atoms with E-state index in [1.807, 2.05) is 42.5 Å². The summed E-state index contributed by atoms with van der Waals surface area (Å²) in [4.78, 5) is 17.4. The monoisotopic (exact) mass is 480 g/mol. The Morgan fingerprint density at radius 2 is 1.75 bits per heavy atom. The number of ether oxygens (including phenoxy) is 5. The molecule has 0 radical (unpaired) electrons. The Morgan fingerprint density at radius 1 is 0.944 bits per heavy atom. The van der Waals surface area contributed by atoms with Gasteiger partial charge in [-0.05, 0) is 41.5 Å². The van der Waals surface area contributed by atoms with Crippen LogP contribution in [0.5, 0.6) is 23.0 Å². The van der Waals surface area contributed by atoms with E-state index in [2.05, 4.69) is 6.07 Å². The van der Waals surface area contributed by atoms with Crippen LogP contribution in [0.15, 0.2) is 54.6 Å². The molecule has 0 atom stereocenters. The topological polar surface area (TPSA) is 99.9 Å². The van der Waals surface area contributed by atoms with Crippen molar-refractivity contribution >= 4 is 16.9 Å². The van der Waals surface area contributed by atoms with E-state index >= 15 is 0 Å². The van der Waals surface area contributed by atoms with Crippen molar-refractivity contribution in [2.45, 2.75) is 13.2 Å². The number of aromatic nitrogens is 1. The number of nitrogens with zero attached hydrogens (tertiary/aromatic N) is 2. The summed E-state index contributed by atoms with van der Waals surface area (Å²) in [6.07, 6.45) is 0. The van der Waals surface area contributed by atoms with E-state index in [0.29, 0.717) is 64.1 Å². The Kier molecular flexibility index (Phi) is 5.30. The van der Waals surface area contributed by atoms with Gasteiger partial charge in [0.05, 0.1) is 35.5 Å². The molecule has 0 spiro atoms. The summed E-state index contributed by atoms with van der Waals surface area (Å²) in [6, 6.07) is 18.5. The van der Waals surface area contributed by atoms with Crippen molar-refractivity contribution in [2.24, 2.45) is 0 Å². The van der Waals surface area contributed by atoms with Crippen LogP contribution < -0.4 is 18.9 Å². The fraction of sp³-hybridized carbons (Fsp3) is 0.179. The second kappa shape index (κ2) is 8.78. The van der Waals surface area contributed by atoms with Crippen LogP contribution in [0.1, 0.15) is 27.2 Å². The van der Waals surface area contributed by atoms with Crippen molar-refractivity contribution in [3.05, 3.63) is 77.0 Å². The third-order valence-electron chi connectivity index (χ3n) is 6.20. The summed E-state index contributed by atoms with van der Waals surface area (Å²) >= 11 is 0. The van der Waals surface area contributed by atoms with Crippen molar-refractivity contribution < 1.29 is 28.5 Å². The van der Waals surface area contributed by atoms with Crippen LogP contribution in [0.25, 0.3) is 22.0 Å². The van der Waals surface area contributed by atoms with Gasteiger partial charge in [-0.2, -0.15) is 5.26 Å². The first-order valence-electron chi connectivity index (χ1n) is 11.4. The van der Waals surface area contributed by atoms with Crippen LogP contribution in [0.4, 0.5) is 0 Å². The number of carbonyl (C=O) groups excluding carboxylic acids is 1. The van der Waals surface area contributed by atoms with Crippen LogP contribution in [0.2, 0.25) is 0 Å². The van der Waals surface area contributed by atoms with Crippen LogP contribution in [-0.2, 0) is 18.0 Å². The molecule has 178 valence electrons. The van der Waals surface area contributed by atoms with Crippen LogP contribution in [0, 0.1) is 11.3 Å². The van der Waals surface area contributed by atoms with Gasteiger partial charge in [0.25, 0.3) is 0 Å². The van der Waals surface area contributed by atoms with Crippen LogP contribution in [-0.4, -0.2) is 31.3 Å². The number of nitriles is 1. The fourth-order valence-corrected chi connectivity index (χ4v) is 4.46. The minimum atomic E-state index is -0.413. The molecule has 0 saturated heterocycles. The number of methoxy groups -OCH3 is 1. The average molecular weight is 480 g/mol. The first-order chi connectivity index (χ1) is 17.6. The molecule has 8 nitrogen and oxygen atoms in total. The smallest absolute Gasteiger partial charge is 0.341 e. The van der Waals surface area contributed by atoms with E-state index in [-0.39, 0.29) is 13.2 Å². The van der Waals surface area contributed by atoms with Crippen LogP contribution >= 0.6 is 0 Å². The van der Waals surface area contributed by atoms with Gasteiger partial charge in [-0.3, -0.25) is 0 Å². The summed E-state index contributed by atoms with van der Waals surface area (Å²) in [6.45, 7) is 1.35. The normalized spacial score (nSPS) is 13.6. The zero-order valence-corrected chi connectivity index (χ0v) is 19.4. The highest BCUT2D eigenvalue weighted by atomic mass is 16.6. The van der Waals surface area contributed by atoms with Gasteiger partial charge < -0.3 is 23.7 Å². The quantitative estimate of drug-likeness (QED) is 0.376. The lowest BCUT2D eigenvalue weighted by molar-refractivity contribution is 0.0534. The summed E-state index contributed by atoms with van der Waals surface area (Å²) in [5.74, 6) is 1.89. The molecule has 0 unspecified atom stereocenters. The van der Waals surface area contributed by atoms with E-state index in [0.717, 1.165) is 16.5 Å². The molecule has 0 fully saturated rings. The third kappa shape index (κ3) is 3.71. The number of esters is 1. The third-order valence-corrected chi connectivity index (χ3v) is 6.20. The molecule has 4 aromatic rings. The molecule has 2 aliphatic heterocycles. The molecule has 0 amide bonds. The first-order valence-corrected chi connectivity index (χ1v) is 11.4. The van der Waals surface area contributed by atoms with E-state index in [4.69, 9.17) is 33.9 Å². The molecule has 0 bridgehead atoms. The van der Waals surface area contributed by atoms with Crippen molar-refractivity contribution in [1.29, 1.82) is 5.26 Å². The van der Waals surface area contributed by atoms with Gasteiger partial charge in [0.2, 0.25) is 0 Å². The van der Waals surface area contributed by atoms with Crippen molar-refractivity contribution in [3.8, 4) is 40.2 Å². The zero-order valence-electron chi connectivity index (χ0n) is 19.4. The number of carbonyl (C=O) groups is 1. The number of pyridine rings is 1. The van der Waals surface area contributed by atoms with Gasteiger partial charge in [-0.15, -0.1) is 0 Å². The Balaban J connectivity index is 1.46. The maximum absolute atomic E-state index is 12.7. The molecule has 2 aliphatic rings. The van der Waals surface area contributed by atoms with E-state index < -0.39 is 5.97 Å². The number of fused-ring (bicyclic) bond motifs is 3. The molecule has 0 saturated carbocycles. The highest BCUT2D eigenvalue weighted by Gasteiger charge is 2.30. The molecule has 3 heterocycles. The van der Waals surface area contributed by atoms with Gasteiger partial charge >= 0.3 is 5.97 Å². The van der Waals surface area contributed by atoms with Crippen molar-refractivity contribution in [2.75, 3.05) is 20.3 Å². The maximum atomic E-state index is 12.7. The average Bonchev–Trinajstić information content (AvgIpc) is 3.29. The molecule has 3 aromatic carbocycles. The number of rotatable bonds is 5. The highest BCUT2D eigenvalue weighted by molar-refractivity contribution is 6.09. The summed E-state index contributed by atoms with van der Waals surface area (Å²) in [7, 11) is 1.56. The SMILES string of the molecule is COc1cc2c(-c3ccc4c(c3)OCCO4)c3c(nc2cc1OCc1ccc(C#N)cc1)COC3=O. The molecule has 0 aliphatic carbocycles. The predicted molar refractivity (Wildman–Crippen MR) is 129 cm³/mol. The second-order valence-corrected chi connectivity index (χ2v) is 8.36. The number of hydrogen-bond acceptors (Lipinski definition) is 8. The van der Waals surface area contributed by atoms with Gasteiger partial charge in [-0.1, -0.05) is 18.2 Å². The standard InChI is InChI=1S/C28H20N2O6/c1-32-23-11-19-20(12-25(23)35-14-17-4-2-16(13-29)3-5-17)30-21-15-36-28(31)27(21)26(19)18-6-7-22-24(10-18)34-9-8-33-22/h2-7,10-12H,8-9,14-15H2,1H3. The van der Waals surface area contributed by atoms with Gasteiger partial charge in [0.1, 0.15) is 26.4 Å². The second-order valence-electron chi connectivity index (χ2n) is 8.36. The summed E-state index contributed by atoms with van der Waals surface area (Å²) in [5.41, 5.74) is 4.64. The van der Waals surface area contributed by atoms with E-state index in [1.165, 1.54) is 0 Å². The Hall–Kier alpha value is -4.77. The summed E-state index contributed by atoms with van der Waals surface area (Å²) in [5, 5.41) is 9.73. The zero-order chi connectivity index (χ0) is 24.6. The molecule has 6 rings (SSSR count). The maximum Gasteiger partial charge on any atom is 0.341 e. The molecular formula is C28H20N2O6. The minimum absolute atomic E-state index is 0.106. The number of benzene rings is 3. The lowest BCUT2D eigenvalue weighted by atomic mass is 9.94.